The van der Waals surface area contributed by atoms with Gasteiger partial charge in [-0.2, -0.15) is 0 Å². The van der Waals surface area contributed by atoms with Crippen LogP contribution >= 0.6 is 0 Å². The third-order valence-corrected chi connectivity index (χ3v) is 6.80. The highest BCUT2D eigenvalue weighted by molar-refractivity contribution is 6.85. The van der Waals surface area contributed by atoms with Crippen LogP contribution in [0.15, 0.2) is 84.9 Å². The zero-order chi connectivity index (χ0) is 15.2. The van der Waals surface area contributed by atoms with Gasteiger partial charge in [0.25, 0.3) is 0 Å². The van der Waals surface area contributed by atoms with Crippen LogP contribution in [0.2, 0.25) is 6.04 Å². The molecule has 3 aromatic rings. The van der Waals surface area contributed by atoms with E-state index in [1.807, 2.05) is 0 Å². The van der Waals surface area contributed by atoms with E-state index < -0.39 is 8.80 Å². The van der Waals surface area contributed by atoms with Gasteiger partial charge in [0.05, 0.1) is 0 Å². The van der Waals surface area contributed by atoms with Gasteiger partial charge in [0, 0.05) is 0 Å². The van der Waals surface area contributed by atoms with Crippen molar-refractivity contribution in [2.24, 2.45) is 0 Å². The summed E-state index contributed by atoms with van der Waals surface area (Å²) in [5.74, 6) is 0. The molecule has 0 aliphatic rings. The van der Waals surface area contributed by atoms with Crippen molar-refractivity contribution >= 4 is 19.2 Å². The van der Waals surface area contributed by atoms with Crippen molar-refractivity contribution in [3.8, 4) is 0 Å². The van der Waals surface area contributed by atoms with Crippen LogP contribution in [-0.4, -0.2) is 8.80 Å². The Bertz CT molecular complexity index is 665. The Hall–Kier alpha value is -2.12. The molecular weight excluding hydrogens is 280 g/mol. The average molecular weight is 301 g/mol. The highest BCUT2D eigenvalue weighted by atomic mass is 28.3. The Morgan fingerprint density at radius 1 is 0.682 bits per heavy atom. The molecule has 0 bridgehead atoms. The first-order valence-corrected chi connectivity index (χ1v) is 9.56. The van der Waals surface area contributed by atoms with Crippen molar-refractivity contribution in [2.75, 3.05) is 0 Å². The van der Waals surface area contributed by atoms with Gasteiger partial charge in [-0.1, -0.05) is 101 Å². The van der Waals surface area contributed by atoms with Gasteiger partial charge in [-0.15, -0.1) is 0 Å². The number of aryl methyl sites for hydroxylation is 2. The Kier molecular flexibility index (Phi) is 4.87. The SMILES string of the molecule is Cc1cccc(CC[Si](c2ccccc2)c2ccccc2)c1. The molecule has 109 valence electrons. The van der Waals surface area contributed by atoms with Crippen molar-refractivity contribution in [2.45, 2.75) is 19.4 Å². The normalized spacial score (nSPS) is 10.8. The van der Waals surface area contributed by atoms with E-state index in [0.717, 1.165) is 6.42 Å². The molecule has 1 heteroatoms. The molecule has 0 saturated heterocycles. The second-order valence-corrected chi connectivity index (χ2v) is 8.31. The molecule has 0 aliphatic carbocycles. The summed E-state index contributed by atoms with van der Waals surface area (Å²) < 4.78 is 0. The van der Waals surface area contributed by atoms with Crippen LogP contribution in [0.25, 0.3) is 0 Å². The summed E-state index contributed by atoms with van der Waals surface area (Å²) >= 11 is 0. The molecular formula is C21H21Si. The molecule has 0 saturated carbocycles. The minimum Gasteiger partial charge on any atom is -0.0628 e. The molecule has 0 unspecified atom stereocenters. The average Bonchev–Trinajstić information content (AvgIpc) is 2.57. The lowest BCUT2D eigenvalue weighted by molar-refractivity contribution is 1.11. The molecule has 0 atom stereocenters. The molecule has 0 heterocycles. The van der Waals surface area contributed by atoms with Gasteiger partial charge >= 0.3 is 0 Å². The van der Waals surface area contributed by atoms with Crippen molar-refractivity contribution in [3.05, 3.63) is 96.1 Å². The van der Waals surface area contributed by atoms with Gasteiger partial charge in [0.1, 0.15) is 8.80 Å². The summed E-state index contributed by atoms with van der Waals surface area (Å²) in [6, 6.07) is 32.2. The maximum atomic E-state index is 2.31. The van der Waals surface area contributed by atoms with Gasteiger partial charge in [-0.05, 0) is 25.0 Å². The molecule has 0 amide bonds. The fraction of sp³-hybridized carbons (Fsp3) is 0.143. The molecule has 0 nitrogen and oxygen atoms in total. The van der Waals surface area contributed by atoms with Crippen LogP contribution in [-0.2, 0) is 6.42 Å². The monoisotopic (exact) mass is 301 g/mol. The molecule has 22 heavy (non-hydrogen) atoms. The maximum absolute atomic E-state index is 2.31. The van der Waals surface area contributed by atoms with Gasteiger partial charge < -0.3 is 0 Å². The molecule has 0 aliphatic heterocycles. The van der Waals surface area contributed by atoms with Crippen molar-refractivity contribution in [3.63, 3.8) is 0 Å². The number of hydrogen-bond acceptors (Lipinski definition) is 0. The minimum absolute atomic E-state index is 0.710. The van der Waals surface area contributed by atoms with E-state index in [1.54, 1.807) is 0 Å². The van der Waals surface area contributed by atoms with Gasteiger partial charge in [0.15, 0.2) is 0 Å². The highest BCUT2D eigenvalue weighted by Gasteiger charge is 2.16. The molecule has 3 rings (SSSR count). The van der Waals surface area contributed by atoms with Crippen LogP contribution in [0.5, 0.6) is 0 Å². The Labute approximate surface area is 135 Å². The fourth-order valence-electron chi connectivity index (χ4n) is 2.87. The van der Waals surface area contributed by atoms with Crippen molar-refractivity contribution in [1.29, 1.82) is 0 Å². The fourth-order valence-corrected chi connectivity index (χ4v) is 5.51. The summed E-state index contributed by atoms with van der Waals surface area (Å²) in [5.41, 5.74) is 2.81. The lowest BCUT2D eigenvalue weighted by Crippen LogP contribution is -2.42. The smallest absolute Gasteiger partial charge is 0.0628 e. The first kappa shape index (κ1) is 14.8. The van der Waals surface area contributed by atoms with E-state index in [4.69, 9.17) is 0 Å². The highest BCUT2D eigenvalue weighted by Crippen LogP contribution is 2.09. The largest absolute Gasteiger partial charge is 0.121 e. The Morgan fingerprint density at radius 3 is 1.82 bits per heavy atom. The van der Waals surface area contributed by atoms with Crippen LogP contribution in [0, 0.1) is 6.92 Å². The number of hydrogen-bond donors (Lipinski definition) is 0. The molecule has 0 aromatic heterocycles. The lowest BCUT2D eigenvalue weighted by atomic mass is 10.1. The summed E-state index contributed by atoms with van der Waals surface area (Å²) in [7, 11) is -0.710. The summed E-state index contributed by atoms with van der Waals surface area (Å²) in [4.78, 5) is 0. The van der Waals surface area contributed by atoms with Crippen molar-refractivity contribution in [1.82, 2.24) is 0 Å². The third kappa shape index (κ3) is 3.74. The van der Waals surface area contributed by atoms with Crippen LogP contribution in [0.1, 0.15) is 11.1 Å². The zero-order valence-electron chi connectivity index (χ0n) is 13.0. The van der Waals surface area contributed by atoms with E-state index in [0.29, 0.717) is 0 Å². The van der Waals surface area contributed by atoms with Gasteiger partial charge in [-0.3, -0.25) is 0 Å². The Morgan fingerprint density at radius 2 is 1.27 bits per heavy atom. The molecule has 1 radical (unpaired) electrons. The van der Waals surface area contributed by atoms with E-state index in [2.05, 4.69) is 91.9 Å². The summed E-state index contributed by atoms with van der Waals surface area (Å²) in [5, 5.41) is 3.01. The summed E-state index contributed by atoms with van der Waals surface area (Å²) in [6.07, 6.45) is 1.15. The van der Waals surface area contributed by atoms with E-state index in [9.17, 15) is 0 Å². The van der Waals surface area contributed by atoms with Crippen LogP contribution < -0.4 is 10.4 Å². The second-order valence-electron chi connectivity index (χ2n) is 5.70. The van der Waals surface area contributed by atoms with Crippen molar-refractivity contribution < 1.29 is 0 Å². The van der Waals surface area contributed by atoms with E-state index in [-0.39, 0.29) is 0 Å². The predicted molar refractivity (Wildman–Crippen MR) is 97.6 cm³/mol. The predicted octanol–water partition coefficient (Wildman–Crippen LogP) is 3.85. The first-order valence-electron chi connectivity index (χ1n) is 7.85. The molecule has 0 N–H and O–H groups in total. The lowest BCUT2D eigenvalue weighted by Gasteiger charge is -2.16. The zero-order valence-corrected chi connectivity index (χ0v) is 14.0. The Balaban J connectivity index is 1.83. The molecule has 3 aromatic carbocycles. The molecule has 0 spiro atoms. The van der Waals surface area contributed by atoms with E-state index in [1.165, 1.54) is 27.5 Å². The third-order valence-electron chi connectivity index (χ3n) is 3.99. The standard InChI is InChI=1S/C21H21Si/c1-18-9-8-10-19(17-18)15-16-22(20-11-4-2-5-12-20)21-13-6-3-7-14-21/h2-14,17H,15-16H2,1H3. The van der Waals surface area contributed by atoms with Gasteiger partial charge in [-0.25, -0.2) is 0 Å². The quantitative estimate of drug-likeness (QED) is 0.628. The maximum Gasteiger partial charge on any atom is 0.121 e. The minimum atomic E-state index is -0.710. The number of benzene rings is 3. The molecule has 0 fully saturated rings. The van der Waals surface area contributed by atoms with E-state index >= 15 is 0 Å². The van der Waals surface area contributed by atoms with Gasteiger partial charge in [0.2, 0.25) is 0 Å². The van der Waals surface area contributed by atoms with Crippen LogP contribution in [0.4, 0.5) is 0 Å². The van der Waals surface area contributed by atoms with Crippen LogP contribution in [0.3, 0.4) is 0 Å². The number of rotatable bonds is 5. The topological polar surface area (TPSA) is 0 Å². The summed E-state index contributed by atoms with van der Waals surface area (Å²) in [6.45, 7) is 2.17. The second kappa shape index (κ2) is 7.23. The first-order chi connectivity index (χ1) is 10.8.